The van der Waals surface area contributed by atoms with E-state index in [1.54, 1.807) is 22.7 Å². The molecule has 16 rings (SSSR count). The van der Waals surface area contributed by atoms with E-state index in [0.717, 1.165) is 101 Å². The first-order valence-corrected chi connectivity index (χ1v) is 28.0. The van der Waals surface area contributed by atoms with Crippen molar-refractivity contribution in [2.24, 2.45) is 0 Å². The van der Waals surface area contributed by atoms with E-state index in [4.69, 9.17) is 8.96 Å². The van der Waals surface area contributed by atoms with E-state index in [1.807, 2.05) is 109 Å². The first-order valence-electron chi connectivity index (χ1n) is 28.8. The fourth-order valence-electron chi connectivity index (χ4n) is 12.5. The molecule has 0 fully saturated rings. The Morgan fingerprint density at radius 2 is 0.912 bits per heavy atom. The van der Waals surface area contributed by atoms with Crippen molar-refractivity contribution >= 4 is 112 Å². The Labute approximate surface area is 475 Å². The SMILES string of the molecule is [2H]c1c([2H])c([2H])c(-c2cc3c4ccccc4sc3c3c2c2ccc4c5ccccc5sc4c2n3-c2c(C#N)c(-c3cc(-c4ccccc4)cc(-c4ccccc4)c3)c([N+]#[C-])c(-n3c4ccccc4c4ccccc43)c2-c2ccccc2)c([2H])c1[2H]. The number of aromatic nitrogens is 2. The zero-order valence-electron chi connectivity index (χ0n) is 47.5. The molecule has 0 amide bonds. The molecule has 4 nitrogen and oxygen atoms in total. The Kier molecular flexibility index (Phi) is 9.26. The van der Waals surface area contributed by atoms with Crippen molar-refractivity contribution in [2.45, 2.75) is 0 Å². The molecule has 0 spiro atoms. The molecule has 0 bridgehead atoms. The van der Waals surface area contributed by atoms with Gasteiger partial charge in [-0.3, -0.25) is 0 Å². The van der Waals surface area contributed by atoms with E-state index >= 15 is 0 Å². The number of fused-ring (bicyclic) bond motifs is 14. The van der Waals surface area contributed by atoms with Crippen molar-refractivity contribution in [1.82, 2.24) is 9.13 Å². The van der Waals surface area contributed by atoms with Crippen molar-refractivity contribution in [1.29, 1.82) is 5.26 Å². The van der Waals surface area contributed by atoms with Crippen LogP contribution in [0.2, 0.25) is 0 Å². The van der Waals surface area contributed by atoms with Gasteiger partial charge < -0.3 is 9.13 Å². The molecule has 80 heavy (non-hydrogen) atoms. The summed E-state index contributed by atoms with van der Waals surface area (Å²) in [5.74, 6) is 0. The number of nitrogens with zero attached hydrogens (tertiary/aromatic N) is 4. The summed E-state index contributed by atoms with van der Waals surface area (Å²) in [5.41, 5.74) is 11.7. The molecule has 0 radical (unpaired) electrons. The lowest BCUT2D eigenvalue weighted by molar-refractivity contribution is 1.14. The van der Waals surface area contributed by atoms with Gasteiger partial charge in [0.25, 0.3) is 0 Å². The summed E-state index contributed by atoms with van der Waals surface area (Å²) in [6, 6.07) is 77.2. The van der Waals surface area contributed by atoms with Crippen molar-refractivity contribution in [3.05, 3.63) is 272 Å². The third kappa shape index (κ3) is 6.77. The van der Waals surface area contributed by atoms with Crippen LogP contribution in [-0.4, -0.2) is 9.13 Å². The summed E-state index contributed by atoms with van der Waals surface area (Å²) in [5, 5.41) is 20.1. The van der Waals surface area contributed by atoms with Gasteiger partial charge in [0.2, 0.25) is 5.69 Å². The highest BCUT2D eigenvalue weighted by Crippen LogP contribution is 2.56. The maximum Gasteiger partial charge on any atom is 0.220 e. The first-order chi connectivity index (χ1) is 41.7. The lowest BCUT2D eigenvalue weighted by atomic mass is 9.86. The molecule has 4 heterocycles. The van der Waals surface area contributed by atoms with Gasteiger partial charge in [-0.15, -0.1) is 22.7 Å². The van der Waals surface area contributed by atoms with Crippen molar-refractivity contribution in [3.63, 3.8) is 0 Å². The summed E-state index contributed by atoms with van der Waals surface area (Å²) in [4.78, 5) is 4.70. The molecule has 0 N–H and O–H groups in total. The zero-order valence-corrected chi connectivity index (χ0v) is 44.1. The molecule has 0 aliphatic heterocycles. The third-order valence-electron chi connectivity index (χ3n) is 15.8. The van der Waals surface area contributed by atoms with Gasteiger partial charge in [0, 0.05) is 63.6 Å². The maximum absolute atomic E-state index is 12.8. The summed E-state index contributed by atoms with van der Waals surface area (Å²) in [7, 11) is 0. The van der Waals surface area contributed by atoms with Crippen LogP contribution in [0.1, 0.15) is 12.4 Å². The predicted molar refractivity (Wildman–Crippen MR) is 339 cm³/mol. The summed E-state index contributed by atoms with van der Waals surface area (Å²) in [6.07, 6.45) is 0. The van der Waals surface area contributed by atoms with Gasteiger partial charge in [-0.05, 0) is 93.0 Å². The highest BCUT2D eigenvalue weighted by molar-refractivity contribution is 7.27. The van der Waals surface area contributed by atoms with E-state index in [1.165, 1.54) is 0 Å². The standard InChI is InChI=1S/C74H42N4S2/c1-76-68-65(51-41-49(45-22-6-2-7-23-45)40-50(42-51)46-24-8-3-9-25-46)60(44-75)69(66(48-28-12-5-13-29-48)71(68)77-61-34-18-14-30-52(61)53-31-15-19-35-62(53)77)78-70-57(39-38-56-54-32-16-20-36-63(54)79-73(56)70)67-58(47-26-10-4-11-27-47)43-59-55-33-17-21-37-64(55)80-74(59)72(67)78/h2-43H/i4D,10D,11D,26D,27D. The fraction of sp³-hybridized carbons (Fsp3) is 0. The van der Waals surface area contributed by atoms with Crippen molar-refractivity contribution in [3.8, 4) is 73.1 Å². The topological polar surface area (TPSA) is 38.0 Å². The van der Waals surface area contributed by atoms with Crippen LogP contribution < -0.4 is 0 Å². The second kappa shape index (κ2) is 18.1. The Balaban J connectivity index is 1.23. The Hall–Kier alpha value is -10.3. The van der Waals surface area contributed by atoms with E-state index < -0.39 is 18.1 Å². The van der Waals surface area contributed by atoms with E-state index in [9.17, 15) is 14.6 Å². The Morgan fingerprint density at radius 1 is 0.412 bits per heavy atom. The molecule has 0 atom stereocenters. The van der Waals surface area contributed by atoms with Crippen molar-refractivity contribution < 1.29 is 6.85 Å². The molecule has 0 saturated carbocycles. The highest BCUT2D eigenvalue weighted by atomic mass is 32.1. The van der Waals surface area contributed by atoms with Crippen molar-refractivity contribution in [2.75, 3.05) is 0 Å². The maximum atomic E-state index is 12.8. The smallest absolute Gasteiger partial charge is 0.220 e. The van der Waals surface area contributed by atoms with Crippen LogP contribution in [0.15, 0.2) is 255 Å². The number of thiophene rings is 2. The molecule has 6 heteroatoms. The van der Waals surface area contributed by atoms with Crippen LogP contribution in [0.3, 0.4) is 0 Å². The number of rotatable bonds is 7. The minimum Gasteiger partial charge on any atom is -0.318 e. The summed E-state index contributed by atoms with van der Waals surface area (Å²) in [6.45, 7) is 9.74. The van der Waals surface area contributed by atoms with Crippen LogP contribution in [-0.2, 0) is 0 Å². The summed E-state index contributed by atoms with van der Waals surface area (Å²) < 4.78 is 54.8. The van der Waals surface area contributed by atoms with Crippen LogP contribution in [0.5, 0.6) is 0 Å². The van der Waals surface area contributed by atoms with Gasteiger partial charge in [0.1, 0.15) is 6.07 Å². The third-order valence-corrected chi connectivity index (χ3v) is 18.2. The molecule has 0 aliphatic rings. The van der Waals surface area contributed by atoms with Gasteiger partial charge in [-0.2, -0.15) is 5.26 Å². The lowest BCUT2D eigenvalue weighted by Gasteiger charge is -2.26. The Morgan fingerprint density at radius 3 is 1.50 bits per heavy atom. The van der Waals surface area contributed by atoms with Gasteiger partial charge in [-0.1, -0.05) is 206 Å². The minimum atomic E-state index is -0.477. The number of benzene rings is 12. The average Bonchev–Trinajstić information content (AvgIpc) is 1.59. The Bertz CT molecular complexity index is 5490. The monoisotopic (exact) mass is 1060 g/mol. The summed E-state index contributed by atoms with van der Waals surface area (Å²) >= 11 is 3.28. The minimum absolute atomic E-state index is 0.0774. The molecule has 370 valence electrons. The molecule has 4 aromatic heterocycles. The van der Waals surface area contributed by atoms with Crippen LogP contribution >= 0.6 is 22.7 Å². The molecule has 0 unspecified atom stereocenters. The van der Waals surface area contributed by atoms with Crippen LogP contribution in [0, 0.1) is 17.9 Å². The zero-order chi connectivity index (χ0) is 57.4. The fourth-order valence-corrected chi connectivity index (χ4v) is 15.0. The molecular weight excluding hydrogens is 1010 g/mol. The molecule has 0 aliphatic carbocycles. The number of hydrogen-bond donors (Lipinski definition) is 0. The normalized spacial score (nSPS) is 12.6. The quantitative estimate of drug-likeness (QED) is 0.147. The second-order valence-electron chi connectivity index (χ2n) is 20.1. The average molecular weight is 1060 g/mol. The van der Waals surface area contributed by atoms with Gasteiger partial charge >= 0.3 is 0 Å². The molecule has 12 aromatic carbocycles. The molecule has 16 aromatic rings. The molecular formula is C74H42N4S2. The lowest BCUT2D eigenvalue weighted by Crippen LogP contribution is -2.09. The predicted octanol–water partition coefficient (Wildman–Crippen LogP) is 21.4. The van der Waals surface area contributed by atoms with E-state index in [2.05, 4.69) is 130 Å². The number of nitriles is 1. The van der Waals surface area contributed by atoms with E-state index in [0.29, 0.717) is 44.5 Å². The van der Waals surface area contributed by atoms with Gasteiger partial charge in [0.15, 0.2) is 0 Å². The van der Waals surface area contributed by atoms with Gasteiger partial charge in [0.05, 0.1) is 61.8 Å². The van der Waals surface area contributed by atoms with Gasteiger partial charge in [-0.25, -0.2) is 4.85 Å². The highest BCUT2D eigenvalue weighted by Gasteiger charge is 2.34. The first kappa shape index (κ1) is 40.9. The second-order valence-corrected chi connectivity index (χ2v) is 22.2. The number of para-hydroxylation sites is 2. The van der Waals surface area contributed by atoms with E-state index in [-0.39, 0.29) is 28.9 Å². The largest absolute Gasteiger partial charge is 0.318 e. The van der Waals surface area contributed by atoms with Crippen LogP contribution in [0.4, 0.5) is 5.69 Å². The number of hydrogen-bond acceptors (Lipinski definition) is 3. The van der Waals surface area contributed by atoms with Crippen LogP contribution in [0.25, 0.3) is 156 Å². The molecule has 0 saturated heterocycles.